The first-order valence-corrected chi connectivity index (χ1v) is 6.56. The third kappa shape index (κ3) is 2.36. The fourth-order valence-corrected chi connectivity index (χ4v) is 2.39. The average molecular weight is 251 g/mol. The van der Waals surface area contributed by atoms with Crippen molar-refractivity contribution in [3.05, 3.63) is 59.4 Å². The fourth-order valence-electron chi connectivity index (χ4n) is 2.39. The Morgan fingerprint density at radius 3 is 2.68 bits per heavy atom. The summed E-state index contributed by atoms with van der Waals surface area (Å²) in [6.07, 6.45) is 3.95. The molecule has 3 rings (SSSR count). The zero-order chi connectivity index (χ0) is 13.2. The third-order valence-corrected chi connectivity index (χ3v) is 3.53. The number of rotatable bonds is 3. The van der Waals surface area contributed by atoms with Crippen LogP contribution in [0.25, 0.3) is 11.0 Å². The van der Waals surface area contributed by atoms with E-state index in [2.05, 4.69) is 53.4 Å². The Bertz CT molecular complexity index is 699. The van der Waals surface area contributed by atoms with E-state index in [4.69, 9.17) is 0 Å². The molecule has 0 saturated heterocycles. The van der Waals surface area contributed by atoms with Crippen molar-refractivity contribution in [1.29, 1.82) is 0 Å². The Kier molecular flexibility index (Phi) is 3.03. The van der Waals surface area contributed by atoms with Crippen LogP contribution >= 0.6 is 0 Å². The van der Waals surface area contributed by atoms with Crippen LogP contribution in [-0.2, 0) is 19.9 Å². The molecule has 0 unspecified atom stereocenters. The van der Waals surface area contributed by atoms with Crippen molar-refractivity contribution in [3.63, 3.8) is 0 Å². The monoisotopic (exact) mass is 251 g/mol. The zero-order valence-corrected chi connectivity index (χ0v) is 11.3. The number of aromatic nitrogens is 3. The van der Waals surface area contributed by atoms with E-state index in [0.29, 0.717) is 0 Å². The maximum absolute atomic E-state index is 4.65. The second-order valence-corrected chi connectivity index (χ2v) is 4.90. The highest BCUT2D eigenvalue weighted by atomic mass is 15.3. The van der Waals surface area contributed by atoms with Crippen LogP contribution < -0.4 is 0 Å². The molecule has 0 bridgehead atoms. The minimum absolute atomic E-state index is 0.959. The van der Waals surface area contributed by atoms with E-state index in [-0.39, 0.29) is 0 Å². The van der Waals surface area contributed by atoms with E-state index < -0.39 is 0 Å². The van der Waals surface area contributed by atoms with Crippen LogP contribution in [0.2, 0.25) is 0 Å². The van der Waals surface area contributed by atoms with Gasteiger partial charge in [0.25, 0.3) is 0 Å². The van der Waals surface area contributed by atoms with E-state index in [1.807, 2.05) is 17.9 Å². The van der Waals surface area contributed by atoms with Gasteiger partial charge in [-0.05, 0) is 37.0 Å². The molecule has 0 aliphatic carbocycles. The number of benzene rings is 1. The lowest BCUT2D eigenvalue weighted by molar-refractivity contribution is 0.783. The van der Waals surface area contributed by atoms with Gasteiger partial charge in [-0.15, -0.1) is 0 Å². The predicted octanol–water partition coefficient (Wildman–Crippen LogP) is 3.06. The van der Waals surface area contributed by atoms with E-state index in [1.54, 1.807) is 0 Å². The summed E-state index contributed by atoms with van der Waals surface area (Å²) in [6, 6.07) is 12.8. The van der Waals surface area contributed by atoms with E-state index in [9.17, 15) is 0 Å². The molecular formula is C16H17N3. The van der Waals surface area contributed by atoms with E-state index in [1.165, 1.54) is 11.1 Å². The van der Waals surface area contributed by atoms with Gasteiger partial charge >= 0.3 is 0 Å². The van der Waals surface area contributed by atoms with E-state index in [0.717, 1.165) is 29.6 Å². The molecule has 0 saturated carbocycles. The molecule has 3 nitrogen and oxygen atoms in total. The molecule has 0 N–H and O–H groups in total. The Morgan fingerprint density at radius 2 is 1.89 bits per heavy atom. The van der Waals surface area contributed by atoms with Gasteiger partial charge in [0.05, 0.1) is 6.20 Å². The van der Waals surface area contributed by atoms with Gasteiger partial charge in [-0.3, -0.25) is 4.68 Å². The zero-order valence-electron chi connectivity index (χ0n) is 11.3. The Balaban J connectivity index is 1.86. The molecule has 3 heteroatoms. The molecule has 2 heterocycles. The first kappa shape index (κ1) is 11.9. The topological polar surface area (TPSA) is 30.7 Å². The maximum atomic E-state index is 4.65. The summed E-state index contributed by atoms with van der Waals surface area (Å²) in [6.45, 7) is 2.08. The number of pyridine rings is 1. The number of hydrogen-bond donors (Lipinski definition) is 0. The van der Waals surface area contributed by atoms with Crippen LogP contribution in [0.4, 0.5) is 0 Å². The van der Waals surface area contributed by atoms with Gasteiger partial charge in [0.1, 0.15) is 0 Å². The second kappa shape index (κ2) is 4.84. The molecule has 96 valence electrons. The normalized spacial score (nSPS) is 11.1. The third-order valence-electron chi connectivity index (χ3n) is 3.53. The molecule has 2 aromatic heterocycles. The lowest BCUT2D eigenvalue weighted by Gasteiger charge is -2.06. The van der Waals surface area contributed by atoms with Crippen molar-refractivity contribution < 1.29 is 0 Å². The van der Waals surface area contributed by atoms with Crippen LogP contribution in [0.5, 0.6) is 0 Å². The largest absolute Gasteiger partial charge is 0.250 e. The van der Waals surface area contributed by atoms with E-state index >= 15 is 0 Å². The van der Waals surface area contributed by atoms with Crippen molar-refractivity contribution in [2.24, 2.45) is 7.05 Å². The van der Waals surface area contributed by atoms with Gasteiger partial charge in [-0.1, -0.05) is 30.3 Å². The van der Waals surface area contributed by atoms with Crippen LogP contribution in [0.15, 0.2) is 42.6 Å². The Morgan fingerprint density at radius 1 is 1.11 bits per heavy atom. The number of hydrogen-bond acceptors (Lipinski definition) is 2. The SMILES string of the molecule is Cc1nc2c(cnn2C)cc1CCc1ccccc1. The van der Waals surface area contributed by atoms with Crippen molar-refractivity contribution in [1.82, 2.24) is 14.8 Å². The molecule has 0 spiro atoms. The summed E-state index contributed by atoms with van der Waals surface area (Å²) in [4.78, 5) is 4.65. The van der Waals surface area contributed by atoms with Gasteiger partial charge < -0.3 is 0 Å². The predicted molar refractivity (Wildman–Crippen MR) is 77.1 cm³/mol. The van der Waals surface area contributed by atoms with Crippen LogP contribution in [0, 0.1) is 6.92 Å². The number of nitrogens with zero attached hydrogens (tertiary/aromatic N) is 3. The summed E-state index contributed by atoms with van der Waals surface area (Å²) in [5.74, 6) is 0. The van der Waals surface area contributed by atoms with Crippen molar-refractivity contribution in [2.75, 3.05) is 0 Å². The molecule has 0 aliphatic heterocycles. The number of fused-ring (bicyclic) bond motifs is 1. The summed E-state index contributed by atoms with van der Waals surface area (Å²) in [5, 5.41) is 5.37. The van der Waals surface area contributed by atoms with Crippen molar-refractivity contribution >= 4 is 11.0 Å². The van der Waals surface area contributed by atoms with Crippen LogP contribution in [-0.4, -0.2) is 14.8 Å². The highest BCUT2D eigenvalue weighted by molar-refractivity contribution is 5.75. The summed E-state index contributed by atoms with van der Waals surface area (Å²) < 4.78 is 1.82. The summed E-state index contributed by atoms with van der Waals surface area (Å²) in [5.41, 5.74) is 4.74. The lowest BCUT2D eigenvalue weighted by atomic mass is 10.0. The fraction of sp³-hybridized carbons (Fsp3) is 0.250. The van der Waals surface area contributed by atoms with Crippen LogP contribution in [0.1, 0.15) is 16.8 Å². The quantitative estimate of drug-likeness (QED) is 0.716. The Hall–Kier alpha value is -2.16. The van der Waals surface area contributed by atoms with Crippen molar-refractivity contribution in [2.45, 2.75) is 19.8 Å². The smallest absolute Gasteiger partial charge is 0.157 e. The molecular weight excluding hydrogens is 234 g/mol. The van der Waals surface area contributed by atoms with Crippen LogP contribution in [0.3, 0.4) is 0 Å². The second-order valence-electron chi connectivity index (χ2n) is 4.90. The standard InChI is InChI=1S/C16H17N3/c1-12-14(9-8-13-6-4-3-5-7-13)10-15-11-17-19(2)16(15)18-12/h3-7,10-11H,8-9H2,1-2H3. The average Bonchev–Trinajstić information content (AvgIpc) is 2.78. The first-order chi connectivity index (χ1) is 9.24. The lowest BCUT2D eigenvalue weighted by Crippen LogP contribution is -1.99. The molecule has 0 atom stereocenters. The maximum Gasteiger partial charge on any atom is 0.157 e. The highest BCUT2D eigenvalue weighted by Crippen LogP contribution is 2.17. The van der Waals surface area contributed by atoms with Gasteiger partial charge in [0.2, 0.25) is 0 Å². The molecule has 0 amide bonds. The van der Waals surface area contributed by atoms with Crippen molar-refractivity contribution in [3.8, 4) is 0 Å². The minimum Gasteiger partial charge on any atom is -0.250 e. The molecule has 0 radical (unpaired) electrons. The summed E-state index contributed by atoms with van der Waals surface area (Å²) >= 11 is 0. The summed E-state index contributed by atoms with van der Waals surface area (Å²) in [7, 11) is 1.93. The van der Waals surface area contributed by atoms with Gasteiger partial charge in [0, 0.05) is 18.1 Å². The molecule has 0 aliphatic rings. The van der Waals surface area contributed by atoms with Gasteiger partial charge in [-0.2, -0.15) is 5.10 Å². The number of aryl methyl sites for hydroxylation is 4. The van der Waals surface area contributed by atoms with Gasteiger partial charge in [0.15, 0.2) is 5.65 Å². The molecule has 19 heavy (non-hydrogen) atoms. The highest BCUT2D eigenvalue weighted by Gasteiger charge is 2.06. The molecule has 1 aromatic carbocycles. The first-order valence-electron chi connectivity index (χ1n) is 6.56. The van der Waals surface area contributed by atoms with Gasteiger partial charge in [-0.25, -0.2) is 4.98 Å². The minimum atomic E-state index is 0.959. The molecule has 3 aromatic rings. The molecule has 0 fully saturated rings. The Labute approximate surface area is 112 Å².